The zero-order valence-electron chi connectivity index (χ0n) is 18.3. The summed E-state index contributed by atoms with van der Waals surface area (Å²) in [5.74, 6) is 2.66. The van der Waals surface area contributed by atoms with Crippen LogP contribution >= 0.6 is 0 Å². The molecule has 0 saturated carbocycles. The van der Waals surface area contributed by atoms with Crippen LogP contribution in [0.4, 0.5) is 0 Å². The third-order valence-electron chi connectivity index (χ3n) is 6.40. The van der Waals surface area contributed by atoms with E-state index in [0.29, 0.717) is 24.8 Å². The second-order valence-electron chi connectivity index (χ2n) is 8.87. The second kappa shape index (κ2) is 9.16. The Morgan fingerprint density at radius 3 is 2.70 bits per heavy atom. The van der Waals surface area contributed by atoms with Gasteiger partial charge in [-0.2, -0.15) is 0 Å². The van der Waals surface area contributed by atoms with Gasteiger partial charge in [0.2, 0.25) is 11.8 Å². The molecule has 0 spiro atoms. The summed E-state index contributed by atoms with van der Waals surface area (Å²) in [6, 6.07) is 3.89. The first-order valence-electron chi connectivity index (χ1n) is 10.9. The Bertz CT molecular complexity index is 854. The first-order valence-corrected chi connectivity index (χ1v) is 10.9. The number of rotatable bonds is 7. The number of nitrogens with zero attached hydrogens (tertiary/aromatic N) is 4. The highest BCUT2D eigenvalue weighted by molar-refractivity contribution is 5.78. The van der Waals surface area contributed by atoms with Crippen molar-refractivity contribution in [3.8, 4) is 5.88 Å². The van der Waals surface area contributed by atoms with Crippen molar-refractivity contribution in [2.24, 2.45) is 11.8 Å². The zero-order valence-corrected chi connectivity index (χ0v) is 18.3. The van der Waals surface area contributed by atoms with E-state index in [9.17, 15) is 4.79 Å². The lowest BCUT2D eigenvalue weighted by Crippen LogP contribution is -2.39. The van der Waals surface area contributed by atoms with Gasteiger partial charge in [-0.15, -0.1) is 0 Å². The van der Waals surface area contributed by atoms with Crippen molar-refractivity contribution >= 4 is 5.91 Å². The van der Waals surface area contributed by atoms with Crippen LogP contribution in [-0.4, -0.2) is 58.6 Å². The zero-order chi connectivity index (χ0) is 21.1. The molecule has 2 aliphatic rings. The van der Waals surface area contributed by atoms with Crippen LogP contribution in [0.15, 0.2) is 22.9 Å². The number of aromatic nitrogens is 2. The van der Waals surface area contributed by atoms with Gasteiger partial charge >= 0.3 is 0 Å². The monoisotopic (exact) mass is 412 g/mol. The molecule has 4 rings (SSSR count). The number of pyridine rings is 1. The van der Waals surface area contributed by atoms with Gasteiger partial charge in [0.05, 0.1) is 12.3 Å². The van der Waals surface area contributed by atoms with Crippen LogP contribution in [0.1, 0.15) is 41.8 Å². The van der Waals surface area contributed by atoms with Crippen molar-refractivity contribution < 1.29 is 14.1 Å². The minimum absolute atomic E-state index is 0.249. The molecule has 4 heterocycles. The predicted octanol–water partition coefficient (Wildman–Crippen LogP) is 3.13. The molecule has 2 aromatic rings. The summed E-state index contributed by atoms with van der Waals surface area (Å²) in [5.41, 5.74) is 3.34. The number of aryl methyl sites for hydroxylation is 3. The van der Waals surface area contributed by atoms with Crippen LogP contribution in [0, 0.1) is 32.6 Å². The lowest BCUT2D eigenvalue weighted by Gasteiger charge is -2.33. The van der Waals surface area contributed by atoms with E-state index in [2.05, 4.69) is 15.0 Å². The van der Waals surface area contributed by atoms with Crippen molar-refractivity contribution in [2.75, 3.05) is 32.8 Å². The summed E-state index contributed by atoms with van der Waals surface area (Å²) in [5, 5.41) is 4.06. The molecule has 0 N–H and O–H groups in total. The van der Waals surface area contributed by atoms with Crippen molar-refractivity contribution in [3.63, 3.8) is 0 Å². The third kappa shape index (κ3) is 5.01. The largest absolute Gasteiger partial charge is 0.477 e. The Labute approximate surface area is 178 Å². The molecule has 2 aliphatic heterocycles. The quantitative estimate of drug-likeness (QED) is 0.696. The SMILES string of the molecule is Cc1ccnc(OCC2CC(=O)N(CC3CCN(Cc4c(C)noc4C)CC3)C2)c1. The summed E-state index contributed by atoms with van der Waals surface area (Å²) in [4.78, 5) is 21.3. The smallest absolute Gasteiger partial charge is 0.223 e. The van der Waals surface area contributed by atoms with Gasteiger partial charge in [-0.1, -0.05) is 5.16 Å². The van der Waals surface area contributed by atoms with Crippen molar-refractivity contribution in [3.05, 3.63) is 40.9 Å². The summed E-state index contributed by atoms with van der Waals surface area (Å²) in [6.07, 6.45) is 4.59. The number of ether oxygens (including phenoxy) is 1. The summed E-state index contributed by atoms with van der Waals surface area (Å²) in [6.45, 7) is 11.3. The maximum Gasteiger partial charge on any atom is 0.223 e. The molecule has 0 aliphatic carbocycles. The van der Waals surface area contributed by atoms with Crippen LogP contribution in [0.5, 0.6) is 5.88 Å². The normalized spacial score (nSPS) is 20.8. The number of piperidine rings is 1. The Morgan fingerprint density at radius 2 is 2.00 bits per heavy atom. The first-order chi connectivity index (χ1) is 14.5. The molecule has 1 atom stereocenters. The molecule has 1 amide bonds. The molecular formula is C23H32N4O3. The molecule has 0 radical (unpaired) electrons. The maximum atomic E-state index is 12.5. The average Bonchev–Trinajstić information content (AvgIpc) is 3.24. The van der Waals surface area contributed by atoms with E-state index in [4.69, 9.17) is 9.26 Å². The van der Waals surface area contributed by atoms with E-state index in [0.717, 1.165) is 62.6 Å². The van der Waals surface area contributed by atoms with Gasteiger partial charge in [-0.05, 0) is 64.3 Å². The highest BCUT2D eigenvalue weighted by Crippen LogP contribution is 2.26. The number of amides is 1. The van der Waals surface area contributed by atoms with Gasteiger partial charge in [-0.25, -0.2) is 4.98 Å². The third-order valence-corrected chi connectivity index (χ3v) is 6.40. The molecule has 162 valence electrons. The van der Waals surface area contributed by atoms with Gasteiger partial charge in [0.25, 0.3) is 0 Å². The lowest BCUT2D eigenvalue weighted by atomic mass is 9.95. The molecular weight excluding hydrogens is 380 g/mol. The van der Waals surface area contributed by atoms with Crippen LogP contribution < -0.4 is 4.74 Å². The number of carbonyl (C=O) groups is 1. The highest BCUT2D eigenvalue weighted by atomic mass is 16.5. The minimum atomic E-state index is 0.249. The van der Waals surface area contributed by atoms with Gasteiger partial charge in [-0.3, -0.25) is 9.69 Å². The van der Waals surface area contributed by atoms with Crippen molar-refractivity contribution in [1.82, 2.24) is 19.9 Å². The molecule has 2 saturated heterocycles. The number of carbonyl (C=O) groups excluding carboxylic acids is 1. The molecule has 0 bridgehead atoms. The fourth-order valence-electron chi connectivity index (χ4n) is 4.52. The molecule has 2 fully saturated rings. The predicted molar refractivity (Wildman–Crippen MR) is 113 cm³/mol. The molecule has 2 aromatic heterocycles. The van der Waals surface area contributed by atoms with E-state index >= 15 is 0 Å². The Kier molecular flexibility index (Phi) is 6.37. The standard InChI is InChI=1S/C23H32N4O3/c1-16-4-7-24-22(10-16)29-15-20-11-23(28)27(13-20)12-19-5-8-26(9-6-19)14-21-17(2)25-30-18(21)3/h4,7,10,19-20H,5-6,8-9,11-15H2,1-3H3. The summed E-state index contributed by atoms with van der Waals surface area (Å²) < 4.78 is 11.1. The fraction of sp³-hybridized carbons (Fsp3) is 0.609. The number of hydrogen-bond acceptors (Lipinski definition) is 6. The minimum Gasteiger partial charge on any atom is -0.477 e. The van der Waals surface area contributed by atoms with E-state index in [-0.39, 0.29) is 11.8 Å². The lowest BCUT2D eigenvalue weighted by molar-refractivity contribution is -0.128. The van der Waals surface area contributed by atoms with Crippen molar-refractivity contribution in [2.45, 2.75) is 46.6 Å². The van der Waals surface area contributed by atoms with Gasteiger partial charge in [0.15, 0.2) is 0 Å². The molecule has 30 heavy (non-hydrogen) atoms. The van der Waals surface area contributed by atoms with E-state index in [1.165, 1.54) is 5.56 Å². The van der Waals surface area contributed by atoms with E-state index in [1.54, 1.807) is 6.20 Å². The van der Waals surface area contributed by atoms with E-state index < -0.39 is 0 Å². The van der Waals surface area contributed by atoms with Gasteiger partial charge in [0, 0.05) is 49.8 Å². The van der Waals surface area contributed by atoms with Crippen LogP contribution in [0.25, 0.3) is 0 Å². The average molecular weight is 413 g/mol. The number of likely N-dealkylation sites (tertiary alicyclic amines) is 2. The van der Waals surface area contributed by atoms with Crippen molar-refractivity contribution in [1.29, 1.82) is 0 Å². The van der Waals surface area contributed by atoms with Crippen LogP contribution in [-0.2, 0) is 11.3 Å². The van der Waals surface area contributed by atoms with Gasteiger partial charge in [0.1, 0.15) is 5.76 Å². The fourth-order valence-corrected chi connectivity index (χ4v) is 4.52. The summed E-state index contributed by atoms with van der Waals surface area (Å²) in [7, 11) is 0. The summed E-state index contributed by atoms with van der Waals surface area (Å²) >= 11 is 0. The van der Waals surface area contributed by atoms with E-state index in [1.807, 2.05) is 37.8 Å². The first kappa shape index (κ1) is 20.8. The Morgan fingerprint density at radius 1 is 1.20 bits per heavy atom. The molecule has 0 aromatic carbocycles. The second-order valence-corrected chi connectivity index (χ2v) is 8.87. The van der Waals surface area contributed by atoms with Gasteiger partial charge < -0.3 is 14.2 Å². The molecule has 7 nitrogen and oxygen atoms in total. The Hall–Kier alpha value is -2.41. The van der Waals surface area contributed by atoms with Crippen LogP contribution in [0.2, 0.25) is 0 Å². The molecule has 7 heteroatoms. The molecule has 1 unspecified atom stereocenters. The maximum absolute atomic E-state index is 12.5. The topological polar surface area (TPSA) is 71.7 Å². The van der Waals surface area contributed by atoms with Crippen LogP contribution in [0.3, 0.4) is 0 Å². The Balaban J connectivity index is 1.21. The number of hydrogen-bond donors (Lipinski definition) is 0. The highest BCUT2D eigenvalue weighted by Gasteiger charge is 2.32.